The number of nitrogens with zero attached hydrogens (tertiary/aromatic N) is 2. The predicted molar refractivity (Wildman–Crippen MR) is 81.9 cm³/mol. The zero-order chi connectivity index (χ0) is 15.3. The molecule has 0 radical (unpaired) electrons. The molecule has 1 aromatic heterocycles. The largest absolute Gasteiger partial charge is 0.367 e. The molecule has 0 aliphatic heterocycles. The average molecular weight is 327 g/mol. The zero-order valence-electron chi connectivity index (χ0n) is 11.4. The van der Waals surface area contributed by atoms with E-state index in [1.165, 1.54) is 12.1 Å². The van der Waals surface area contributed by atoms with Gasteiger partial charge in [-0.15, -0.1) is 5.10 Å². The number of anilines is 1. The molecule has 0 amide bonds. The number of hydrogen-bond acceptors (Lipinski definition) is 5. The van der Waals surface area contributed by atoms with Gasteiger partial charge < -0.3 is 5.32 Å². The van der Waals surface area contributed by atoms with E-state index in [9.17, 15) is 8.42 Å². The molecule has 112 valence electrons. The minimum atomic E-state index is -3.55. The molecule has 0 fully saturated rings. The molecule has 1 aromatic carbocycles. The lowest BCUT2D eigenvalue weighted by molar-refractivity contribution is 0.583. The van der Waals surface area contributed by atoms with E-state index in [1.54, 1.807) is 18.2 Å². The van der Waals surface area contributed by atoms with Gasteiger partial charge in [-0.1, -0.05) is 17.7 Å². The van der Waals surface area contributed by atoms with E-state index in [1.807, 2.05) is 13.0 Å². The minimum absolute atomic E-state index is 0.144. The quantitative estimate of drug-likeness (QED) is 0.791. The molecule has 2 rings (SSSR count). The highest BCUT2D eigenvalue weighted by Gasteiger charge is 2.13. The first kappa shape index (κ1) is 15.7. The second kappa shape index (κ2) is 6.84. The van der Waals surface area contributed by atoms with Crippen molar-refractivity contribution in [3.05, 3.63) is 47.1 Å². The second-order valence-electron chi connectivity index (χ2n) is 4.34. The standard InChI is InChI=1S/C13H15ClN4O2S/c1-10-5-6-13(18-17-10)15-7-8-16-21(19,20)12-4-2-3-11(14)9-12/h2-6,9,16H,7-8H2,1H3,(H,15,18). The number of halogens is 1. The molecule has 0 bridgehead atoms. The third-order valence-electron chi connectivity index (χ3n) is 2.63. The first-order chi connectivity index (χ1) is 9.97. The Bertz CT molecular complexity index is 704. The normalized spacial score (nSPS) is 11.3. The third-order valence-corrected chi connectivity index (χ3v) is 4.32. The van der Waals surface area contributed by atoms with E-state index in [0.29, 0.717) is 17.4 Å². The minimum Gasteiger partial charge on any atom is -0.367 e. The fourth-order valence-corrected chi connectivity index (χ4v) is 2.92. The summed E-state index contributed by atoms with van der Waals surface area (Å²) in [6, 6.07) is 9.73. The van der Waals surface area contributed by atoms with Crippen LogP contribution in [0.1, 0.15) is 5.69 Å². The summed E-state index contributed by atoms with van der Waals surface area (Å²) in [7, 11) is -3.55. The van der Waals surface area contributed by atoms with Crippen molar-refractivity contribution in [3.8, 4) is 0 Å². The number of aryl methyl sites for hydroxylation is 1. The molecule has 2 N–H and O–H groups in total. The first-order valence-corrected chi connectivity index (χ1v) is 8.13. The maximum atomic E-state index is 12.0. The highest BCUT2D eigenvalue weighted by atomic mass is 35.5. The zero-order valence-corrected chi connectivity index (χ0v) is 12.9. The monoisotopic (exact) mass is 326 g/mol. The molecule has 1 heterocycles. The summed E-state index contributed by atoms with van der Waals surface area (Å²) in [6.45, 7) is 2.47. The van der Waals surface area contributed by atoms with Crippen LogP contribution in [-0.2, 0) is 10.0 Å². The van der Waals surface area contributed by atoms with E-state index in [2.05, 4.69) is 20.2 Å². The van der Waals surface area contributed by atoms with Gasteiger partial charge >= 0.3 is 0 Å². The molecule has 6 nitrogen and oxygen atoms in total. The second-order valence-corrected chi connectivity index (χ2v) is 6.55. The number of rotatable bonds is 6. The lowest BCUT2D eigenvalue weighted by atomic mass is 10.4. The van der Waals surface area contributed by atoms with Crippen molar-refractivity contribution in [2.45, 2.75) is 11.8 Å². The van der Waals surface area contributed by atoms with Gasteiger partial charge in [-0.05, 0) is 37.3 Å². The molecule has 0 unspecified atom stereocenters. The summed E-state index contributed by atoms with van der Waals surface area (Å²) < 4.78 is 26.5. The van der Waals surface area contributed by atoms with Crippen LogP contribution in [0.2, 0.25) is 5.02 Å². The van der Waals surface area contributed by atoms with Crippen molar-refractivity contribution in [1.82, 2.24) is 14.9 Å². The number of aromatic nitrogens is 2. The van der Waals surface area contributed by atoms with Gasteiger partial charge in [0.05, 0.1) is 10.6 Å². The third kappa shape index (κ3) is 4.66. The molecular weight excluding hydrogens is 312 g/mol. The van der Waals surface area contributed by atoms with Gasteiger partial charge in [0.2, 0.25) is 10.0 Å². The van der Waals surface area contributed by atoms with E-state index >= 15 is 0 Å². The summed E-state index contributed by atoms with van der Waals surface area (Å²) in [6.07, 6.45) is 0. The lowest BCUT2D eigenvalue weighted by Crippen LogP contribution is -2.29. The molecule has 0 saturated heterocycles. The summed E-state index contributed by atoms with van der Waals surface area (Å²) in [5.74, 6) is 0.600. The van der Waals surface area contributed by atoms with Crippen LogP contribution in [-0.4, -0.2) is 31.7 Å². The van der Waals surface area contributed by atoms with Gasteiger partial charge in [0.15, 0.2) is 0 Å². The molecule has 0 saturated carbocycles. The van der Waals surface area contributed by atoms with Gasteiger partial charge in [-0.25, -0.2) is 13.1 Å². The summed E-state index contributed by atoms with van der Waals surface area (Å²) in [5.41, 5.74) is 0.821. The summed E-state index contributed by atoms with van der Waals surface area (Å²) in [4.78, 5) is 0.144. The fourth-order valence-electron chi connectivity index (χ4n) is 1.59. The highest BCUT2D eigenvalue weighted by molar-refractivity contribution is 7.89. The van der Waals surface area contributed by atoms with Gasteiger partial charge in [-0.2, -0.15) is 5.10 Å². The van der Waals surface area contributed by atoms with Crippen molar-refractivity contribution in [3.63, 3.8) is 0 Å². The Morgan fingerprint density at radius 2 is 1.95 bits per heavy atom. The molecule has 0 atom stereocenters. The highest BCUT2D eigenvalue weighted by Crippen LogP contribution is 2.14. The van der Waals surface area contributed by atoms with Gasteiger partial charge in [-0.3, -0.25) is 0 Å². The SMILES string of the molecule is Cc1ccc(NCCNS(=O)(=O)c2cccc(Cl)c2)nn1. The van der Waals surface area contributed by atoms with Gasteiger partial charge in [0, 0.05) is 18.1 Å². The molecule has 2 aromatic rings. The molecule has 0 aliphatic rings. The van der Waals surface area contributed by atoms with Crippen LogP contribution in [0.3, 0.4) is 0 Å². The number of sulfonamides is 1. The maximum absolute atomic E-state index is 12.0. The van der Waals surface area contributed by atoms with E-state index in [4.69, 9.17) is 11.6 Å². The molecular formula is C13H15ClN4O2S. The number of hydrogen-bond donors (Lipinski definition) is 2. The fraction of sp³-hybridized carbons (Fsp3) is 0.231. The topological polar surface area (TPSA) is 84.0 Å². The van der Waals surface area contributed by atoms with Crippen LogP contribution in [0, 0.1) is 6.92 Å². The van der Waals surface area contributed by atoms with Crippen molar-refractivity contribution >= 4 is 27.4 Å². The Morgan fingerprint density at radius 3 is 2.62 bits per heavy atom. The van der Waals surface area contributed by atoms with Crippen molar-refractivity contribution < 1.29 is 8.42 Å². The molecule has 0 spiro atoms. The maximum Gasteiger partial charge on any atom is 0.240 e. The van der Waals surface area contributed by atoms with E-state index < -0.39 is 10.0 Å². The summed E-state index contributed by atoms with van der Waals surface area (Å²) >= 11 is 5.79. The smallest absolute Gasteiger partial charge is 0.240 e. The van der Waals surface area contributed by atoms with Crippen LogP contribution in [0.5, 0.6) is 0 Å². The Kier molecular flexibility index (Phi) is 5.11. The van der Waals surface area contributed by atoms with Crippen LogP contribution >= 0.6 is 11.6 Å². The van der Waals surface area contributed by atoms with Crippen molar-refractivity contribution in [2.75, 3.05) is 18.4 Å². The Morgan fingerprint density at radius 1 is 1.14 bits per heavy atom. The Balaban J connectivity index is 1.86. The average Bonchev–Trinajstić information content (AvgIpc) is 2.45. The van der Waals surface area contributed by atoms with Crippen LogP contribution in [0.4, 0.5) is 5.82 Å². The molecule has 21 heavy (non-hydrogen) atoms. The van der Waals surface area contributed by atoms with Crippen LogP contribution in [0.15, 0.2) is 41.3 Å². The van der Waals surface area contributed by atoms with E-state index in [-0.39, 0.29) is 11.4 Å². The van der Waals surface area contributed by atoms with Crippen LogP contribution in [0.25, 0.3) is 0 Å². The first-order valence-electron chi connectivity index (χ1n) is 6.27. The van der Waals surface area contributed by atoms with Crippen molar-refractivity contribution in [1.29, 1.82) is 0 Å². The predicted octanol–water partition coefficient (Wildman–Crippen LogP) is 1.83. The van der Waals surface area contributed by atoms with Crippen molar-refractivity contribution in [2.24, 2.45) is 0 Å². The molecule has 0 aliphatic carbocycles. The number of benzene rings is 1. The van der Waals surface area contributed by atoms with Gasteiger partial charge in [0.25, 0.3) is 0 Å². The number of nitrogens with one attached hydrogen (secondary N) is 2. The molecule has 8 heteroatoms. The van der Waals surface area contributed by atoms with Gasteiger partial charge in [0.1, 0.15) is 5.82 Å². The summed E-state index contributed by atoms with van der Waals surface area (Å²) in [5, 5.41) is 11.2. The Labute approximate surface area is 128 Å². The lowest BCUT2D eigenvalue weighted by Gasteiger charge is -2.08. The Hall–Kier alpha value is -1.70. The van der Waals surface area contributed by atoms with E-state index in [0.717, 1.165) is 5.69 Å². The van der Waals surface area contributed by atoms with Crippen LogP contribution < -0.4 is 10.0 Å².